The second-order valence-electron chi connectivity index (χ2n) is 5.77. The fraction of sp³-hybridized carbons (Fsp3) is 0.625. The zero-order valence-corrected chi connectivity index (χ0v) is 11.8. The number of hydrogen-bond acceptors (Lipinski definition) is 1. The van der Waals surface area contributed by atoms with Gasteiger partial charge >= 0.3 is 0 Å². The molecule has 0 saturated heterocycles. The maximum atomic E-state index is 13.8. The zero-order chi connectivity index (χ0) is 13.9. The molecular formula is C16H23F2N. The van der Waals surface area contributed by atoms with Gasteiger partial charge in [0.15, 0.2) is 0 Å². The summed E-state index contributed by atoms with van der Waals surface area (Å²) < 4.78 is 26.8. The normalized spacial score (nSPS) is 15.8. The van der Waals surface area contributed by atoms with Gasteiger partial charge in [-0.3, -0.25) is 0 Å². The van der Waals surface area contributed by atoms with Crippen LogP contribution in [0.15, 0.2) is 18.2 Å². The van der Waals surface area contributed by atoms with Gasteiger partial charge in [0.2, 0.25) is 0 Å². The van der Waals surface area contributed by atoms with Crippen molar-refractivity contribution in [1.29, 1.82) is 0 Å². The lowest BCUT2D eigenvalue weighted by atomic mass is 9.76. The molecule has 19 heavy (non-hydrogen) atoms. The van der Waals surface area contributed by atoms with Gasteiger partial charge in [-0.25, -0.2) is 8.78 Å². The van der Waals surface area contributed by atoms with Crippen molar-refractivity contribution < 1.29 is 8.78 Å². The Morgan fingerprint density at radius 3 is 2.42 bits per heavy atom. The molecule has 3 heteroatoms. The van der Waals surface area contributed by atoms with Gasteiger partial charge in [0.25, 0.3) is 0 Å². The molecule has 2 rings (SSSR count). The average molecular weight is 267 g/mol. The van der Waals surface area contributed by atoms with Crippen molar-refractivity contribution in [1.82, 2.24) is 5.32 Å². The molecule has 1 fully saturated rings. The summed E-state index contributed by atoms with van der Waals surface area (Å²) in [7, 11) is 0. The van der Waals surface area contributed by atoms with E-state index in [9.17, 15) is 8.78 Å². The molecule has 1 saturated carbocycles. The molecule has 0 aromatic heterocycles. The average Bonchev–Trinajstić information content (AvgIpc) is 3.21. The highest BCUT2D eigenvalue weighted by Crippen LogP contribution is 2.32. The minimum Gasteiger partial charge on any atom is -0.313 e. The Balaban J connectivity index is 2.09. The van der Waals surface area contributed by atoms with E-state index in [1.165, 1.54) is 18.9 Å². The Morgan fingerprint density at radius 1 is 1.21 bits per heavy atom. The summed E-state index contributed by atoms with van der Waals surface area (Å²) in [6.45, 7) is 5.22. The fourth-order valence-corrected chi connectivity index (χ4v) is 2.53. The highest BCUT2D eigenvalue weighted by atomic mass is 19.1. The summed E-state index contributed by atoms with van der Waals surface area (Å²) in [5.41, 5.74) is 0.698. The van der Waals surface area contributed by atoms with E-state index < -0.39 is 11.6 Å². The lowest BCUT2D eigenvalue weighted by Gasteiger charge is -2.32. The third-order valence-corrected chi connectivity index (χ3v) is 4.42. The third-order valence-electron chi connectivity index (χ3n) is 4.42. The molecule has 1 aromatic carbocycles. The van der Waals surface area contributed by atoms with Gasteiger partial charge in [0.1, 0.15) is 11.6 Å². The maximum Gasteiger partial charge on any atom is 0.129 e. The Morgan fingerprint density at radius 2 is 1.89 bits per heavy atom. The molecule has 0 bridgehead atoms. The fourth-order valence-electron chi connectivity index (χ4n) is 2.53. The minimum atomic E-state index is -0.504. The van der Waals surface area contributed by atoms with Crippen molar-refractivity contribution in [3.8, 4) is 0 Å². The van der Waals surface area contributed by atoms with Crippen LogP contribution in [0.3, 0.4) is 0 Å². The van der Waals surface area contributed by atoms with Crippen LogP contribution in [0.4, 0.5) is 8.78 Å². The van der Waals surface area contributed by atoms with Gasteiger partial charge < -0.3 is 5.32 Å². The highest BCUT2D eigenvalue weighted by Gasteiger charge is 2.30. The van der Waals surface area contributed by atoms with E-state index in [4.69, 9.17) is 0 Å². The van der Waals surface area contributed by atoms with E-state index in [0.29, 0.717) is 18.0 Å². The van der Waals surface area contributed by atoms with Crippen LogP contribution >= 0.6 is 0 Å². The van der Waals surface area contributed by atoms with E-state index in [-0.39, 0.29) is 5.41 Å². The van der Waals surface area contributed by atoms with E-state index >= 15 is 0 Å². The molecule has 0 amide bonds. The summed E-state index contributed by atoms with van der Waals surface area (Å²) >= 11 is 0. The second kappa shape index (κ2) is 6.00. The van der Waals surface area contributed by atoms with Crippen molar-refractivity contribution >= 4 is 0 Å². The smallest absolute Gasteiger partial charge is 0.129 e. The first-order valence-corrected chi connectivity index (χ1v) is 7.26. The van der Waals surface area contributed by atoms with E-state index in [2.05, 4.69) is 19.2 Å². The first kappa shape index (κ1) is 14.4. The van der Waals surface area contributed by atoms with Crippen molar-refractivity contribution in [3.63, 3.8) is 0 Å². The van der Waals surface area contributed by atoms with Gasteiger partial charge in [-0.2, -0.15) is 0 Å². The van der Waals surface area contributed by atoms with Gasteiger partial charge in [-0.05, 0) is 49.1 Å². The van der Waals surface area contributed by atoms with E-state index in [1.807, 2.05) is 0 Å². The predicted molar refractivity (Wildman–Crippen MR) is 74.1 cm³/mol. The molecule has 1 N–H and O–H groups in total. The largest absolute Gasteiger partial charge is 0.313 e. The van der Waals surface area contributed by atoms with Crippen LogP contribution in [0.5, 0.6) is 0 Å². The first-order valence-electron chi connectivity index (χ1n) is 7.26. The number of rotatable bonds is 7. The van der Waals surface area contributed by atoms with Crippen molar-refractivity contribution in [2.45, 2.75) is 52.0 Å². The number of nitrogens with one attached hydrogen (secondary N) is 1. The van der Waals surface area contributed by atoms with Crippen LogP contribution in [-0.4, -0.2) is 12.6 Å². The van der Waals surface area contributed by atoms with Gasteiger partial charge in [0, 0.05) is 18.7 Å². The summed E-state index contributed by atoms with van der Waals surface area (Å²) in [5, 5.41) is 3.55. The third kappa shape index (κ3) is 3.75. The molecule has 1 nitrogen and oxygen atoms in total. The molecule has 106 valence electrons. The Labute approximate surface area is 114 Å². The molecular weight excluding hydrogens is 244 g/mol. The minimum absolute atomic E-state index is 0.0707. The molecule has 0 unspecified atom stereocenters. The molecule has 1 aromatic rings. The lowest BCUT2D eigenvalue weighted by molar-refractivity contribution is 0.242. The molecule has 0 radical (unpaired) electrons. The number of benzene rings is 1. The standard InChI is InChI=1S/C16H23F2N/c1-3-16(4-2,11-19-14-7-8-14)10-12-5-6-13(17)9-15(12)18/h5-6,9,14,19H,3-4,7-8,10-11H2,1-2H3. The van der Waals surface area contributed by atoms with Gasteiger partial charge in [0.05, 0.1) is 0 Å². The monoisotopic (exact) mass is 267 g/mol. The summed E-state index contributed by atoms with van der Waals surface area (Å²) in [6, 6.07) is 4.58. The number of hydrogen-bond donors (Lipinski definition) is 1. The Kier molecular flexibility index (Phi) is 4.56. The Bertz CT molecular complexity index is 423. The van der Waals surface area contributed by atoms with Crippen LogP contribution in [0.25, 0.3) is 0 Å². The predicted octanol–water partition coefficient (Wildman–Crippen LogP) is 4.07. The van der Waals surface area contributed by atoms with Crippen LogP contribution < -0.4 is 5.32 Å². The topological polar surface area (TPSA) is 12.0 Å². The SMILES string of the molecule is CCC(CC)(CNC1CC1)Cc1ccc(F)cc1F. The van der Waals surface area contributed by atoms with E-state index in [1.54, 1.807) is 6.07 Å². The highest BCUT2D eigenvalue weighted by molar-refractivity contribution is 5.20. The van der Waals surface area contributed by atoms with Gasteiger partial charge in [-0.1, -0.05) is 19.9 Å². The molecule has 0 heterocycles. The van der Waals surface area contributed by atoms with Crippen LogP contribution in [-0.2, 0) is 6.42 Å². The molecule has 1 aliphatic rings. The van der Waals surface area contributed by atoms with Crippen LogP contribution in [0.1, 0.15) is 45.1 Å². The lowest BCUT2D eigenvalue weighted by Crippen LogP contribution is -2.36. The van der Waals surface area contributed by atoms with Gasteiger partial charge in [-0.15, -0.1) is 0 Å². The van der Waals surface area contributed by atoms with E-state index in [0.717, 1.165) is 25.5 Å². The van der Waals surface area contributed by atoms with Crippen molar-refractivity contribution in [2.24, 2.45) is 5.41 Å². The Hall–Kier alpha value is -0.960. The summed E-state index contributed by atoms with van der Waals surface area (Å²) in [4.78, 5) is 0. The molecule has 1 aliphatic carbocycles. The number of halogens is 2. The summed E-state index contributed by atoms with van der Waals surface area (Å²) in [5.74, 6) is -0.923. The zero-order valence-electron chi connectivity index (χ0n) is 11.8. The summed E-state index contributed by atoms with van der Waals surface area (Å²) in [6.07, 6.45) is 5.19. The van der Waals surface area contributed by atoms with Crippen molar-refractivity contribution in [3.05, 3.63) is 35.4 Å². The second-order valence-corrected chi connectivity index (χ2v) is 5.77. The first-order chi connectivity index (χ1) is 9.08. The maximum absolute atomic E-state index is 13.8. The quantitative estimate of drug-likeness (QED) is 0.785. The van der Waals surface area contributed by atoms with Crippen molar-refractivity contribution in [2.75, 3.05) is 6.54 Å². The molecule has 0 aliphatic heterocycles. The van der Waals surface area contributed by atoms with Crippen LogP contribution in [0.2, 0.25) is 0 Å². The molecule has 0 spiro atoms. The van der Waals surface area contributed by atoms with Crippen LogP contribution in [0, 0.1) is 17.0 Å². The molecule has 0 atom stereocenters.